The molecular formula is C15H16N2O4S. The van der Waals surface area contributed by atoms with Gasteiger partial charge in [0.15, 0.2) is 6.10 Å². The van der Waals surface area contributed by atoms with E-state index in [0.717, 1.165) is 10.7 Å². The molecule has 2 aromatic rings. The number of primary amides is 1. The lowest BCUT2D eigenvalue weighted by Gasteiger charge is -2.10. The number of nitrogens with two attached hydrogens (primary N) is 1. The van der Waals surface area contributed by atoms with E-state index in [1.807, 2.05) is 12.3 Å². The molecule has 0 saturated carbocycles. The molecule has 0 bridgehead atoms. The summed E-state index contributed by atoms with van der Waals surface area (Å²) in [5.74, 6) is -0.798. The maximum Gasteiger partial charge on any atom is 0.339 e. The van der Waals surface area contributed by atoms with Crippen molar-refractivity contribution in [3.63, 3.8) is 0 Å². The highest BCUT2D eigenvalue weighted by Crippen LogP contribution is 2.17. The number of carbonyl (C=O) groups is 2. The number of rotatable bonds is 6. The Morgan fingerprint density at radius 3 is 2.82 bits per heavy atom. The molecule has 0 aliphatic carbocycles. The van der Waals surface area contributed by atoms with Gasteiger partial charge < -0.3 is 15.2 Å². The fraction of sp³-hybridized carbons (Fsp3) is 0.267. The standard InChI is InChI=1S/C15H16N2O4S/c1-9(14(16)18)21-15(19)11-4-3-5-13(6-11)20-7-12-8-22-10(2)17-12/h3-6,8-9H,7H2,1-2H3,(H2,16,18)/t9-/m0/s1. The largest absolute Gasteiger partial charge is 0.487 e. The zero-order valence-corrected chi connectivity index (χ0v) is 13.1. The summed E-state index contributed by atoms with van der Waals surface area (Å²) in [6.45, 7) is 3.66. The molecular weight excluding hydrogens is 304 g/mol. The molecule has 1 aromatic carbocycles. The van der Waals surface area contributed by atoms with Crippen LogP contribution in [0.2, 0.25) is 0 Å². The van der Waals surface area contributed by atoms with E-state index in [9.17, 15) is 9.59 Å². The van der Waals surface area contributed by atoms with Crippen LogP contribution in [0.4, 0.5) is 0 Å². The molecule has 1 aromatic heterocycles. The minimum atomic E-state index is -0.977. The van der Waals surface area contributed by atoms with Crippen molar-refractivity contribution in [2.75, 3.05) is 0 Å². The van der Waals surface area contributed by atoms with Gasteiger partial charge >= 0.3 is 5.97 Å². The van der Waals surface area contributed by atoms with E-state index >= 15 is 0 Å². The number of ether oxygens (including phenoxy) is 2. The van der Waals surface area contributed by atoms with Gasteiger partial charge in [-0.25, -0.2) is 9.78 Å². The van der Waals surface area contributed by atoms with Crippen LogP contribution in [-0.4, -0.2) is 23.0 Å². The summed E-state index contributed by atoms with van der Waals surface area (Å²) in [6, 6.07) is 6.53. The first-order valence-electron chi connectivity index (χ1n) is 6.60. The van der Waals surface area contributed by atoms with Gasteiger partial charge in [0.1, 0.15) is 12.4 Å². The van der Waals surface area contributed by atoms with Gasteiger partial charge in [0, 0.05) is 5.38 Å². The number of esters is 1. The summed E-state index contributed by atoms with van der Waals surface area (Å²) >= 11 is 1.55. The molecule has 1 atom stereocenters. The number of hydrogen-bond acceptors (Lipinski definition) is 6. The molecule has 0 saturated heterocycles. The molecule has 0 radical (unpaired) electrons. The van der Waals surface area contributed by atoms with Crippen LogP contribution in [0.15, 0.2) is 29.6 Å². The third kappa shape index (κ3) is 4.29. The summed E-state index contributed by atoms with van der Waals surface area (Å²) in [4.78, 5) is 27.1. The molecule has 0 aliphatic heterocycles. The topological polar surface area (TPSA) is 91.5 Å². The van der Waals surface area contributed by atoms with E-state index in [4.69, 9.17) is 15.2 Å². The van der Waals surface area contributed by atoms with Crippen LogP contribution >= 0.6 is 11.3 Å². The highest BCUT2D eigenvalue weighted by atomic mass is 32.1. The second kappa shape index (κ2) is 7.04. The predicted molar refractivity (Wildman–Crippen MR) is 81.7 cm³/mol. The monoisotopic (exact) mass is 320 g/mol. The van der Waals surface area contributed by atoms with Crippen molar-refractivity contribution in [2.45, 2.75) is 26.6 Å². The van der Waals surface area contributed by atoms with Crippen LogP contribution in [-0.2, 0) is 16.1 Å². The number of benzene rings is 1. The van der Waals surface area contributed by atoms with Crippen molar-refractivity contribution >= 4 is 23.2 Å². The number of nitrogens with zero attached hydrogens (tertiary/aromatic N) is 1. The van der Waals surface area contributed by atoms with Crippen LogP contribution in [0, 0.1) is 6.92 Å². The van der Waals surface area contributed by atoms with Gasteiger partial charge in [-0.05, 0) is 32.0 Å². The molecule has 2 rings (SSSR count). The molecule has 6 nitrogen and oxygen atoms in total. The zero-order valence-electron chi connectivity index (χ0n) is 12.2. The van der Waals surface area contributed by atoms with Crippen LogP contribution < -0.4 is 10.5 Å². The summed E-state index contributed by atoms with van der Waals surface area (Å²) < 4.78 is 10.5. The zero-order chi connectivity index (χ0) is 16.1. The van der Waals surface area contributed by atoms with E-state index < -0.39 is 18.0 Å². The van der Waals surface area contributed by atoms with Gasteiger partial charge in [-0.2, -0.15) is 0 Å². The van der Waals surface area contributed by atoms with Crippen molar-refractivity contribution in [1.82, 2.24) is 4.98 Å². The van der Waals surface area contributed by atoms with Gasteiger partial charge in [-0.1, -0.05) is 6.07 Å². The van der Waals surface area contributed by atoms with Gasteiger partial charge in [-0.15, -0.1) is 11.3 Å². The number of amides is 1. The Kier molecular flexibility index (Phi) is 5.11. The highest BCUT2D eigenvalue weighted by molar-refractivity contribution is 7.09. The van der Waals surface area contributed by atoms with Gasteiger partial charge in [0.25, 0.3) is 5.91 Å². The van der Waals surface area contributed by atoms with Crippen LogP contribution in [0.3, 0.4) is 0 Å². The van der Waals surface area contributed by atoms with Crippen molar-refractivity contribution in [1.29, 1.82) is 0 Å². The number of carbonyl (C=O) groups excluding carboxylic acids is 2. The lowest BCUT2D eigenvalue weighted by atomic mass is 10.2. The summed E-state index contributed by atoms with van der Waals surface area (Å²) in [5.41, 5.74) is 6.18. The molecule has 0 spiro atoms. The van der Waals surface area contributed by atoms with E-state index in [0.29, 0.717) is 17.9 Å². The molecule has 1 amide bonds. The molecule has 0 fully saturated rings. The van der Waals surface area contributed by atoms with E-state index in [1.165, 1.54) is 6.92 Å². The molecule has 2 N–H and O–H groups in total. The minimum absolute atomic E-state index is 0.292. The van der Waals surface area contributed by atoms with E-state index in [-0.39, 0.29) is 0 Å². The Balaban J connectivity index is 2.00. The van der Waals surface area contributed by atoms with E-state index in [1.54, 1.807) is 35.6 Å². The first kappa shape index (κ1) is 16.0. The van der Waals surface area contributed by atoms with Crippen molar-refractivity contribution in [3.8, 4) is 5.75 Å². The Morgan fingerprint density at radius 2 is 2.18 bits per heavy atom. The van der Waals surface area contributed by atoms with Crippen molar-refractivity contribution in [3.05, 3.63) is 45.9 Å². The Morgan fingerprint density at radius 1 is 1.41 bits per heavy atom. The number of hydrogen-bond donors (Lipinski definition) is 1. The minimum Gasteiger partial charge on any atom is -0.487 e. The third-order valence-electron chi connectivity index (χ3n) is 2.81. The fourth-order valence-electron chi connectivity index (χ4n) is 1.63. The van der Waals surface area contributed by atoms with Gasteiger partial charge in [-0.3, -0.25) is 4.79 Å². The number of thiazole rings is 1. The normalized spacial score (nSPS) is 11.7. The number of aromatic nitrogens is 1. The van der Waals surface area contributed by atoms with Gasteiger partial charge in [0.2, 0.25) is 0 Å². The lowest BCUT2D eigenvalue weighted by molar-refractivity contribution is -0.125. The Bertz CT molecular complexity index is 684. The molecule has 0 unspecified atom stereocenters. The maximum atomic E-state index is 11.9. The Hall–Kier alpha value is -2.41. The first-order valence-corrected chi connectivity index (χ1v) is 7.48. The molecule has 0 aliphatic rings. The smallest absolute Gasteiger partial charge is 0.339 e. The highest BCUT2D eigenvalue weighted by Gasteiger charge is 2.16. The summed E-state index contributed by atoms with van der Waals surface area (Å²) in [6.07, 6.45) is -0.977. The van der Waals surface area contributed by atoms with Gasteiger partial charge in [0.05, 0.1) is 16.3 Å². The lowest BCUT2D eigenvalue weighted by Crippen LogP contribution is -2.30. The Labute approximate surface area is 131 Å². The van der Waals surface area contributed by atoms with Crippen molar-refractivity contribution < 1.29 is 19.1 Å². The van der Waals surface area contributed by atoms with Crippen LogP contribution in [0.1, 0.15) is 28.0 Å². The van der Waals surface area contributed by atoms with Crippen molar-refractivity contribution in [2.24, 2.45) is 5.73 Å². The second-order valence-electron chi connectivity index (χ2n) is 4.62. The summed E-state index contributed by atoms with van der Waals surface area (Å²) in [5, 5.41) is 2.89. The van der Waals surface area contributed by atoms with Crippen LogP contribution in [0.5, 0.6) is 5.75 Å². The molecule has 7 heteroatoms. The predicted octanol–water partition coefficient (Wildman–Crippen LogP) is 2.06. The van der Waals surface area contributed by atoms with E-state index in [2.05, 4.69) is 4.98 Å². The summed E-state index contributed by atoms with van der Waals surface area (Å²) in [7, 11) is 0. The van der Waals surface area contributed by atoms with Crippen LogP contribution in [0.25, 0.3) is 0 Å². The average molecular weight is 320 g/mol. The second-order valence-corrected chi connectivity index (χ2v) is 5.69. The SMILES string of the molecule is Cc1nc(COc2cccc(C(=O)O[C@@H](C)C(N)=O)c2)cs1. The molecule has 1 heterocycles. The quantitative estimate of drug-likeness (QED) is 0.823. The maximum absolute atomic E-state index is 11.9. The first-order chi connectivity index (χ1) is 10.5. The fourth-order valence-corrected chi connectivity index (χ4v) is 2.23. The molecule has 116 valence electrons. The third-order valence-corrected chi connectivity index (χ3v) is 3.63. The molecule has 22 heavy (non-hydrogen) atoms. The number of aryl methyl sites for hydroxylation is 1. The average Bonchev–Trinajstić information content (AvgIpc) is 2.91.